The molecule has 4 heteroatoms. The minimum absolute atomic E-state index is 0.124. The van der Waals surface area contributed by atoms with Crippen LogP contribution in [0, 0.1) is 0 Å². The molecule has 1 amide bonds. The van der Waals surface area contributed by atoms with Crippen LogP contribution in [-0.2, 0) is 17.8 Å². The second kappa shape index (κ2) is 8.17. The van der Waals surface area contributed by atoms with Crippen LogP contribution in [0.2, 0.25) is 0 Å². The normalized spacial score (nSPS) is 10.3. The van der Waals surface area contributed by atoms with Gasteiger partial charge in [0.05, 0.1) is 6.42 Å². The quantitative estimate of drug-likeness (QED) is 0.845. The number of nitrogens with two attached hydrogens (primary N) is 1. The number of rotatable bonds is 7. The minimum atomic E-state index is 0.124. The van der Waals surface area contributed by atoms with Crippen LogP contribution >= 0.6 is 0 Å². The molecular weight excluding hydrogens is 262 g/mol. The van der Waals surface area contributed by atoms with Crippen LogP contribution in [0.4, 0.5) is 0 Å². The van der Waals surface area contributed by atoms with E-state index in [4.69, 9.17) is 5.73 Å². The summed E-state index contributed by atoms with van der Waals surface area (Å²) in [5.41, 5.74) is 7.64. The number of nitrogens with zero attached hydrogens (tertiary/aromatic N) is 2. The average Bonchev–Trinajstić information content (AvgIpc) is 2.53. The molecule has 0 bridgehead atoms. The maximum absolute atomic E-state index is 12.5. The van der Waals surface area contributed by atoms with E-state index in [1.165, 1.54) is 0 Å². The van der Waals surface area contributed by atoms with Crippen molar-refractivity contribution in [2.75, 3.05) is 13.1 Å². The van der Waals surface area contributed by atoms with Crippen molar-refractivity contribution in [2.24, 2.45) is 5.73 Å². The van der Waals surface area contributed by atoms with Gasteiger partial charge in [-0.1, -0.05) is 36.4 Å². The fourth-order valence-corrected chi connectivity index (χ4v) is 2.17. The maximum atomic E-state index is 12.5. The summed E-state index contributed by atoms with van der Waals surface area (Å²) >= 11 is 0. The van der Waals surface area contributed by atoms with Gasteiger partial charge < -0.3 is 10.6 Å². The first-order valence-corrected chi connectivity index (χ1v) is 7.20. The first kappa shape index (κ1) is 15.2. The molecule has 0 saturated carbocycles. The Morgan fingerprint density at radius 1 is 1.10 bits per heavy atom. The van der Waals surface area contributed by atoms with E-state index in [1.54, 1.807) is 12.4 Å². The number of carbonyl (C=O) groups is 1. The van der Waals surface area contributed by atoms with Crippen LogP contribution in [0.15, 0.2) is 54.9 Å². The maximum Gasteiger partial charge on any atom is 0.227 e. The Hall–Kier alpha value is -2.20. The Balaban J connectivity index is 2.02. The highest BCUT2D eigenvalue weighted by Crippen LogP contribution is 2.08. The fourth-order valence-electron chi connectivity index (χ4n) is 2.17. The topological polar surface area (TPSA) is 59.2 Å². The third-order valence-electron chi connectivity index (χ3n) is 3.28. The van der Waals surface area contributed by atoms with Crippen LogP contribution in [0.5, 0.6) is 0 Å². The van der Waals surface area contributed by atoms with E-state index in [9.17, 15) is 4.79 Å². The van der Waals surface area contributed by atoms with E-state index in [0.29, 0.717) is 26.1 Å². The highest BCUT2D eigenvalue weighted by molar-refractivity contribution is 5.78. The number of amides is 1. The van der Waals surface area contributed by atoms with Gasteiger partial charge in [0, 0.05) is 25.5 Å². The van der Waals surface area contributed by atoms with E-state index in [-0.39, 0.29) is 5.91 Å². The predicted molar refractivity (Wildman–Crippen MR) is 83.5 cm³/mol. The van der Waals surface area contributed by atoms with Crippen molar-refractivity contribution in [2.45, 2.75) is 19.4 Å². The summed E-state index contributed by atoms with van der Waals surface area (Å²) in [5.74, 6) is 0.124. The zero-order chi connectivity index (χ0) is 14.9. The van der Waals surface area contributed by atoms with E-state index >= 15 is 0 Å². The molecular formula is C17H21N3O. The lowest BCUT2D eigenvalue weighted by molar-refractivity contribution is -0.131. The molecule has 0 aliphatic rings. The van der Waals surface area contributed by atoms with Crippen molar-refractivity contribution in [3.63, 3.8) is 0 Å². The van der Waals surface area contributed by atoms with Gasteiger partial charge in [0.25, 0.3) is 0 Å². The van der Waals surface area contributed by atoms with E-state index < -0.39 is 0 Å². The molecule has 0 saturated heterocycles. The summed E-state index contributed by atoms with van der Waals surface area (Å²) in [6.45, 7) is 1.85. The number of hydrogen-bond acceptors (Lipinski definition) is 3. The van der Waals surface area contributed by atoms with Gasteiger partial charge in [-0.2, -0.15) is 0 Å². The summed E-state index contributed by atoms with van der Waals surface area (Å²) in [6, 6.07) is 13.7. The third kappa shape index (κ3) is 5.00. The van der Waals surface area contributed by atoms with Crippen molar-refractivity contribution in [3.8, 4) is 0 Å². The number of aromatic nitrogens is 1. The lowest BCUT2D eigenvalue weighted by atomic mass is 10.1. The standard InChI is InChI=1S/C17H21N3O/c18-9-5-11-20(14-16-8-4-10-19-13-16)17(21)12-15-6-2-1-3-7-15/h1-4,6-8,10,13H,5,9,11-12,14,18H2. The lowest BCUT2D eigenvalue weighted by Crippen LogP contribution is -2.33. The van der Waals surface area contributed by atoms with Crippen LogP contribution in [-0.4, -0.2) is 28.9 Å². The van der Waals surface area contributed by atoms with E-state index in [0.717, 1.165) is 17.5 Å². The molecule has 0 aliphatic heterocycles. The van der Waals surface area contributed by atoms with Gasteiger partial charge in [-0.25, -0.2) is 0 Å². The summed E-state index contributed by atoms with van der Waals surface area (Å²) in [4.78, 5) is 18.4. The number of carbonyl (C=O) groups excluding carboxylic acids is 1. The van der Waals surface area contributed by atoms with Gasteiger partial charge in [-0.05, 0) is 30.2 Å². The van der Waals surface area contributed by atoms with E-state index in [1.807, 2.05) is 47.4 Å². The lowest BCUT2D eigenvalue weighted by Gasteiger charge is -2.22. The van der Waals surface area contributed by atoms with E-state index in [2.05, 4.69) is 4.98 Å². The Bertz CT molecular complexity index is 542. The Kier molecular flexibility index (Phi) is 5.91. The molecule has 2 rings (SSSR count). The number of benzene rings is 1. The number of pyridine rings is 1. The van der Waals surface area contributed by atoms with Gasteiger partial charge >= 0.3 is 0 Å². The molecule has 0 spiro atoms. The fraction of sp³-hybridized carbons (Fsp3) is 0.294. The molecule has 2 N–H and O–H groups in total. The van der Waals surface area contributed by atoms with Gasteiger partial charge in [0.15, 0.2) is 0 Å². The average molecular weight is 283 g/mol. The Morgan fingerprint density at radius 3 is 2.52 bits per heavy atom. The zero-order valence-corrected chi connectivity index (χ0v) is 12.1. The van der Waals surface area contributed by atoms with Crippen molar-refractivity contribution in [1.29, 1.82) is 0 Å². The van der Waals surface area contributed by atoms with Crippen LogP contribution < -0.4 is 5.73 Å². The van der Waals surface area contributed by atoms with Gasteiger partial charge in [-0.15, -0.1) is 0 Å². The second-order valence-corrected chi connectivity index (χ2v) is 4.98. The highest BCUT2D eigenvalue weighted by Gasteiger charge is 2.14. The Morgan fingerprint density at radius 2 is 1.86 bits per heavy atom. The molecule has 0 aliphatic carbocycles. The SMILES string of the molecule is NCCCN(Cc1cccnc1)C(=O)Cc1ccccc1. The molecule has 1 heterocycles. The van der Waals surface area contributed by atoms with Gasteiger partial charge in [0.2, 0.25) is 5.91 Å². The molecule has 1 aromatic carbocycles. The largest absolute Gasteiger partial charge is 0.338 e. The summed E-state index contributed by atoms with van der Waals surface area (Å²) < 4.78 is 0. The smallest absolute Gasteiger partial charge is 0.227 e. The van der Waals surface area contributed by atoms with Crippen molar-refractivity contribution >= 4 is 5.91 Å². The minimum Gasteiger partial charge on any atom is -0.338 e. The first-order valence-electron chi connectivity index (χ1n) is 7.20. The molecule has 0 unspecified atom stereocenters. The van der Waals surface area contributed by atoms with Crippen molar-refractivity contribution in [1.82, 2.24) is 9.88 Å². The van der Waals surface area contributed by atoms with Crippen LogP contribution in [0.25, 0.3) is 0 Å². The molecule has 110 valence electrons. The first-order chi connectivity index (χ1) is 10.3. The summed E-state index contributed by atoms with van der Waals surface area (Å²) in [5, 5.41) is 0. The Labute approximate surface area is 125 Å². The number of hydrogen-bond donors (Lipinski definition) is 1. The molecule has 0 radical (unpaired) electrons. The molecule has 1 aromatic heterocycles. The highest BCUT2D eigenvalue weighted by atomic mass is 16.2. The van der Waals surface area contributed by atoms with Gasteiger partial charge in [0.1, 0.15) is 0 Å². The van der Waals surface area contributed by atoms with Crippen LogP contribution in [0.3, 0.4) is 0 Å². The zero-order valence-electron chi connectivity index (χ0n) is 12.1. The van der Waals surface area contributed by atoms with Crippen molar-refractivity contribution < 1.29 is 4.79 Å². The van der Waals surface area contributed by atoms with Crippen LogP contribution in [0.1, 0.15) is 17.5 Å². The third-order valence-corrected chi connectivity index (χ3v) is 3.28. The molecule has 21 heavy (non-hydrogen) atoms. The molecule has 4 nitrogen and oxygen atoms in total. The molecule has 0 fully saturated rings. The summed E-state index contributed by atoms with van der Waals surface area (Å²) in [6.07, 6.45) is 4.76. The predicted octanol–water partition coefficient (Wildman–Crippen LogP) is 2.00. The summed E-state index contributed by atoms with van der Waals surface area (Å²) in [7, 11) is 0. The van der Waals surface area contributed by atoms with Gasteiger partial charge in [-0.3, -0.25) is 9.78 Å². The second-order valence-electron chi connectivity index (χ2n) is 4.98. The molecule has 0 atom stereocenters. The molecule has 2 aromatic rings. The van der Waals surface area contributed by atoms with Crippen molar-refractivity contribution in [3.05, 3.63) is 66.0 Å². The monoisotopic (exact) mass is 283 g/mol.